The van der Waals surface area contributed by atoms with Gasteiger partial charge in [-0.3, -0.25) is 4.90 Å². The SMILES string of the molecule is CCCC(C)[C@@H](c1ccc(OC(F)(F)C(F)F)cc1)N1CCNCC1.Cl. The van der Waals surface area contributed by atoms with Crippen molar-refractivity contribution < 1.29 is 22.3 Å². The molecule has 1 heterocycles. The Morgan fingerprint density at radius 2 is 1.73 bits per heavy atom. The molecule has 0 aromatic heterocycles. The second-order valence-electron chi connectivity index (χ2n) is 6.53. The number of nitrogens with zero attached hydrogens (tertiary/aromatic N) is 1. The average Bonchev–Trinajstić information content (AvgIpc) is 2.57. The van der Waals surface area contributed by atoms with Gasteiger partial charge in [-0.2, -0.15) is 17.6 Å². The van der Waals surface area contributed by atoms with Gasteiger partial charge < -0.3 is 10.1 Å². The molecule has 0 aliphatic carbocycles. The van der Waals surface area contributed by atoms with Gasteiger partial charge in [-0.1, -0.05) is 32.4 Å². The van der Waals surface area contributed by atoms with E-state index in [1.54, 1.807) is 12.1 Å². The zero-order chi connectivity index (χ0) is 18.4. The summed E-state index contributed by atoms with van der Waals surface area (Å²) in [5.74, 6) is 0.147. The summed E-state index contributed by atoms with van der Waals surface area (Å²) in [5, 5.41) is 3.32. The van der Waals surface area contributed by atoms with E-state index in [1.165, 1.54) is 12.1 Å². The quantitative estimate of drug-likeness (QED) is 0.641. The third-order valence-corrected chi connectivity index (χ3v) is 4.56. The topological polar surface area (TPSA) is 24.5 Å². The van der Waals surface area contributed by atoms with Crippen LogP contribution in [-0.4, -0.2) is 43.6 Å². The zero-order valence-electron chi connectivity index (χ0n) is 15.1. The Labute approximate surface area is 158 Å². The molecule has 0 radical (unpaired) electrons. The number of hydrogen-bond donors (Lipinski definition) is 1. The van der Waals surface area contributed by atoms with Crippen LogP contribution in [0.2, 0.25) is 0 Å². The third kappa shape index (κ3) is 5.99. The minimum absolute atomic E-state index is 0. The lowest BCUT2D eigenvalue weighted by atomic mass is 9.89. The number of alkyl halides is 4. The molecule has 0 saturated carbocycles. The Morgan fingerprint density at radius 3 is 2.23 bits per heavy atom. The highest BCUT2D eigenvalue weighted by Gasteiger charge is 2.44. The summed E-state index contributed by atoms with van der Waals surface area (Å²) in [5.41, 5.74) is 0.996. The minimum atomic E-state index is -4.48. The van der Waals surface area contributed by atoms with Gasteiger partial charge in [0.2, 0.25) is 0 Å². The molecule has 0 bridgehead atoms. The Kier molecular flexibility index (Phi) is 9.13. The van der Waals surface area contributed by atoms with E-state index in [9.17, 15) is 17.6 Å². The second kappa shape index (κ2) is 10.3. The summed E-state index contributed by atoms with van der Waals surface area (Å²) in [6, 6.07) is 6.27. The molecule has 1 saturated heterocycles. The zero-order valence-corrected chi connectivity index (χ0v) is 15.9. The predicted octanol–water partition coefficient (Wildman–Crippen LogP) is 4.73. The maximum atomic E-state index is 13.0. The Hall–Kier alpha value is -1.05. The first-order valence-corrected chi connectivity index (χ1v) is 8.75. The van der Waals surface area contributed by atoms with Crippen LogP contribution in [0.15, 0.2) is 24.3 Å². The van der Waals surface area contributed by atoms with E-state index in [0.717, 1.165) is 44.6 Å². The minimum Gasteiger partial charge on any atom is -0.428 e. The molecule has 1 aromatic rings. The Balaban J connectivity index is 0.00000338. The van der Waals surface area contributed by atoms with E-state index in [2.05, 4.69) is 28.8 Å². The van der Waals surface area contributed by atoms with Gasteiger partial charge in [0, 0.05) is 32.2 Å². The van der Waals surface area contributed by atoms with E-state index in [4.69, 9.17) is 0 Å². The molecule has 0 amide bonds. The number of nitrogens with one attached hydrogen (secondary N) is 1. The Bertz CT molecular complexity index is 524. The molecule has 26 heavy (non-hydrogen) atoms. The lowest BCUT2D eigenvalue weighted by Gasteiger charge is -2.38. The van der Waals surface area contributed by atoms with E-state index in [0.29, 0.717) is 5.92 Å². The van der Waals surface area contributed by atoms with Gasteiger partial charge in [-0.25, -0.2) is 0 Å². The van der Waals surface area contributed by atoms with Crippen molar-refractivity contribution in [3.05, 3.63) is 29.8 Å². The summed E-state index contributed by atoms with van der Waals surface area (Å²) < 4.78 is 54.7. The fourth-order valence-corrected chi connectivity index (χ4v) is 3.41. The summed E-state index contributed by atoms with van der Waals surface area (Å²) in [6.07, 6.45) is -6.22. The van der Waals surface area contributed by atoms with Crippen molar-refractivity contribution >= 4 is 12.4 Å². The molecule has 1 N–H and O–H groups in total. The van der Waals surface area contributed by atoms with Gasteiger partial charge in [0.15, 0.2) is 0 Å². The highest BCUT2D eigenvalue weighted by Crippen LogP contribution is 2.34. The fourth-order valence-electron chi connectivity index (χ4n) is 3.41. The maximum absolute atomic E-state index is 13.0. The van der Waals surface area contributed by atoms with Crippen LogP contribution >= 0.6 is 12.4 Å². The highest BCUT2D eigenvalue weighted by molar-refractivity contribution is 5.85. The first-order valence-electron chi connectivity index (χ1n) is 8.75. The van der Waals surface area contributed by atoms with Crippen LogP contribution in [-0.2, 0) is 0 Å². The first kappa shape index (κ1) is 23.0. The summed E-state index contributed by atoms with van der Waals surface area (Å²) in [7, 11) is 0. The summed E-state index contributed by atoms with van der Waals surface area (Å²) in [6.45, 7) is 7.98. The molecule has 1 unspecified atom stereocenters. The van der Waals surface area contributed by atoms with Gasteiger partial charge in [0.25, 0.3) is 0 Å². The summed E-state index contributed by atoms with van der Waals surface area (Å²) >= 11 is 0. The maximum Gasteiger partial charge on any atom is 0.461 e. The number of benzene rings is 1. The van der Waals surface area contributed by atoms with Crippen LogP contribution in [0.5, 0.6) is 5.75 Å². The molecule has 2 rings (SSSR count). The van der Waals surface area contributed by atoms with E-state index in [-0.39, 0.29) is 24.2 Å². The molecular formula is C18H27ClF4N2O. The molecule has 8 heteroatoms. The molecule has 1 aliphatic rings. The van der Waals surface area contributed by atoms with Crippen LogP contribution in [0.25, 0.3) is 0 Å². The molecule has 1 fully saturated rings. The molecule has 150 valence electrons. The highest BCUT2D eigenvalue weighted by atomic mass is 35.5. The van der Waals surface area contributed by atoms with Crippen LogP contribution in [0.1, 0.15) is 38.3 Å². The molecule has 2 atom stereocenters. The molecule has 1 aromatic carbocycles. The molecule has 1 aliphatic heterocycles. The van der Waals surface area contributed by atoms with Gasteiger partial charge in [0.1, 0.15) is 5.75 Å². The Morgan fingerprint density at radius 1 is 1.15 bits per heavy atom. The van der Waals surface area contributed by atoms with Crippen LogP contribution < -0.4 is 10.1 Å². The van der Waals surface area contributed by atoms with E-state index in [1.807, 2.05) is 0 Å². The van der Waals surface area contributed by atoms with Crippen molar-refractivity contribution in [1.29, 1.82) is 0 Å². The normalized spacial score (nSPS) is 18.3. The van der Waals surface area contributed by atoms with Gasteiger partial charge in [-0.15, -0.1) is 12.4 Å². The fraction of sp³-hybridized carbons (Fsp3) is 0.667. The van der Waals surface area contributed by atoms with Crippen molar-refractivity contribution in [3.63, 3.8) is 0 Å². The van der Waals surface area contributed by atoms with E-state index >= 15 is 0 Å². The molecule has 0 spiro atoms. The lowest BCUT2D eigenvalue weighted by molar-refractivity contribution is -0.253. The molecular weight excluding hydrogens is 372 g/mol. The van der Waals surface area contributed by atoms with Crippen molar-refractivity contribution in [3.8, 4) is 5.75 Å². The smallest absolute Gasteiger partial charge is 0.428 e. The van der Waals surface area contributed by atoms with Crippen LogP contribution in [0, 0.1) is 5.92 Å². The number of piperazine rings is 1. The van der Waals surface area contributed by atoms with Crippen molar-refractivity contribution in [2.45, 2.75) is 45.3 Å². The third-order valence-electron chi connectivity index (χ3n) is 4.56. The van der Waals surface area contributed by atoms with Gasteiger partial charge >= 0.3 is 12.5 Å². The monoisotopic (exact) mass is 398 g/mol. The number of rotatable bonds is 8. The van der Waals surface area contributed by atoms with Crippen molar-refractivity contribution in [2.75, 3.05) is 26.2 Å². The standard InChI is InChI=1S/C18H26F4N2O.ClH/c1-3-4-13(2)16(24-11-9-23-10-12-24)14-5-7-15(8-6-14)25-18(21,22)17(19)20;/h5-8,13,16-17,23H,3-4,9-12H2,1-2H3;1H/t13?,16-;/m0./s1. The number of hydrogen-bond acceptors (Lipinski definition) is 3. The van der Waals surface area contributed by atoms with Gasteiger partial charge in [-0.05, 0) is 30.0 Å². The predicted molar refractivity (Wildman–Crippen MR) is 96.5 cm³/mol. The van der Waals surface area contributed by atoms with Crippen LogP contribution in [0.3, 0.4) is 0 Å². The average molecular weight is 399 g/mol. The molecule has 3 nitrogen and oxygen atoms in total. The van der Waals surface area contributed by atoms with E-state index < -0.39 is 12.5 Å². The van der Waals surface area contributed by atoms with Gasteiger partial charge in [0.05, 0.1) is 0 Å². The number of ether oxygens (including phenoxy) is 1. The second-order valence-corrected chi connectivity index (χ2v) is 6.53. The largest absolute Gasteiger partial charge is 0.461 e. The first-order chi connectivity index (χ1) is 11.8. The van der Waals surface area contributed by atoms with Crippen molar-refractivity contribution in [1.82, 2.24) is 10.2 Å². The summed E-state index contributed by atoms with van der Waals surface area (Å²) in [4.78, 5) is 2.39. The van der Waals surface area contributed by atoms with Crippen LogP contribution in [0.4, 0.5) is 17.6 Å². The number of halogens is 5. The van der Waals surface area contributed by atoms with Crippen molar-refractivity contribution in [2.24, 2.45) is 5.92 Å². The lowest BCUT2D eigenvalue weighted by Crippen LogP contribution is -2.46.